The van der Waals surface area contributed by atoms with Crippen molar-refractivity contribution >= 4 is 11.8 Å². The van der Waals surface area contributed by atoms with E-state index in [1.54, 1.807) is 0 Å². The fraction of sp³-hybridized carbons (Fsp3) is 0.375. The Labute approximate surface area is 119 Å². The number of hydrogen-bond acceptors (Lipinski definition) is 2. The summed E-state index contributed by atoms with van der Waals surface area (Å²) in [7, 11) is 0. The molecule has 1 aromatic carbocycles. The molecule has 2 heterocycles. The molecular weight excluding hydrogens is 252 g/mol. The van der Waals surface area contributed by atoms with Crippen molar-refractivity contribution < 1.29 is 0 Å². The normalized spacial score (nSPS) is 19.4. The fourth-order valence-electron chi connectivity index (χ4n) is 2.73. The van der Waals surface area contributed by atoms with Crippen LogP contribution in [0.4, 0.5) is 0 Å². The van der Waals surface area contributed by atoms with Crippen molar-refractivity contribution in [3.05, 3.63) is 53.9 Å². The third-order valence-electron chi connectivity index (χ3n) is 3.60. The first kappa shape index (κ1) is 12.8. The van der Waals surface area contributed by atoms with Crippen LogP contribution in [0.2, 0.25) is 0 Å². The molecule has 0 radical (unpaired) electrons. The summed E-state index contributed by atoms with van der Waals surface area (Å²) in [5, 5.41) is 0. The molecule has 1 aromatic heterocycles. The van der Waals surface area contributed by atoms with Crippen LogP contribution in [-0.4, -0.2) is 16.4 Å². The standard InChI is InChI=1S/C16H20N2S/c1-12(17)8-13-6-7-18(9-13)10-14-11-19-16-5-3-2-4-15(14)16/h2-7,9,12,14H,8,10-11,17H2,1H3. The van der Waals surface area contributed by atoms with E-state index in [1.807, 2.05) is 11.8 Å². The Morgan fingerprint density at radius 1 is 1.37 bits per heavy atom. The molecule has 0 spiro atoms. The fourth-order valence-corrected chi connectivity index (χ4v) is 3.97. The molecule has 3 rings (SSSR count). The molecule has 1 aliphatic heterocycles. The van der Waals surface area contributed by atoms with Crippen molar-refractivity contribution in [3.63, 3.8) is 0 Å². The summed E-state index contributed by atoms with van der Waals surface area (Å²) in [5.74, 6) is 1.83. The smallest absolute Gasteiger partial charge is 0.0297 e. The Morgan fingerprint density at radius 3 is 3.05 bits per heavy atom. The number of aromatic nitrogens is 1. The van der Waals surface area contributed by atoms with Crippen molar-refractivity contribution in [1.82, 2.24) is 4.57 Å². The van der Waals surface area contributed by atoms with Crippen molar-refractivity contribution in [3.8, 4) is 0 Å². The maximum atomic E-state index is 5.85. The van der Waals surface area contributed by atoms with Crippen LogP contribution >= 0.6 is 11.8 Å². The maximum absolute atomic E-state index is 5.85. The van der Waals surface area contributed by atoms with E-state index in [4.69, 9.17) is 5.73 Å². The summed E-state index contributed by atoms with van der Waals surface area (Å²) < 4.78 is 2.31. The van der Waals surface area contributed by atoms with Crippen LogP contribution in [0.1, 0.15) is 24.0 Å². The van der Waals surface area contributed by atoms with Crippen LogP contribution in [0, 0.1) is 0 Å². The van der Waals surface area contributed by atoms with E-state index in [2.05, 4.69) is 54.2 Å². The van der Waals surface area contributed by atoms with Gasteiger partial charge < -0.3 is 10.3 Å². The van der Waals surface area contributed by atoms with Crippen LogP contribution in [0.25, 0.3) is 0 Å². The quantitative estimate of drug-likeness (QED) is 0.926. The van der Waals surface area contributed by atoms with Crippen LogP contribution in [0.3, 0.4) is 0 Å². The first-order chi connectivity index (χ1) is 9.22. The molecular formula is C16H20N2S. The second kappa shape index (κ2) is 5.43. The Kier molecular flexibility index (Phi) is 3.67. The minimum absolute atomic E-state index is 0.235. The summed E-state index contributed by atoms with van der Waals surface area (Å²) in [6.07, 6.45) is 5.39. The summed E-state index contributed by atoms with van der Waals surface area (Å²) in [5.41, 5.74) is 8.70. The zero-order valence-electron chi connectivity index (χ0n) is 11.3. The van der Waals surface area contributed by atoms with Gasteiger partial charge in [0.25, 0.3) is 0 Å². The van der Waals surface area contributed by atoms with Crippen molar-refractivity contribution in [1.29, 1.82) is 0 Å². The molecule has 0 fully saturated rings. The number of thioether (sulfide) groups is 1. The van der Waals surface area contributed by atoms with Crippen molar-refractivity contribution in [2.45, 2.75) is 36.7 Å². The van der Waals surface area contributed by atoms with Gasteiger partial charge in [0, 0.05) is 41.5 Å². The van der Waals surface area contributed by atoms with Gasteiger partial charge in [0.05, 0.1) is 0 Å². The van der Waals surface area contributed by atoms with Crippen molar-refractivity contribution in [2.24, 2.45) is 5.73 Å². The van der Waals surface area contributed by atoms with Crippen LogP contribution in [-0.2, 0) is 13.0 Å². The lowest BCUT2D eigenvalue weighted by atomic mass is 10.0. The largest absolute Gasteiger partial charge is 0.353 e. The highest BCUT2D eigenvalue weighted by Crippen LogP contribution is 2.40. The molecule has 0 saturated heterocycles. The van der Waals surface area contributed by atoms with Gasteiger partial charge in [0.2, 0.25) is 0 Å². The molecule has 2 aromatic rings. The summed E-state index contributed by atoms with van der Waals surface area (Å²) >= 11 is 1.98. The topological polar surface area (TPSA) is 30.9 Å². The summed E-state index contributed by atoms with van der Waals surface area (Å²) in [4.78, 5) is 1.45. The lowest BCUT2D eigenvalue weighted by Gasteiger charge is -2.11. The number of rotatable bonds is 4. The number of nitrogens with two attached hydrogens (primary N) is 1. The van der Waals surface area contributed by atoms with E-state index >= 15 is 0 Å². The SMILES string of the molecule is CC(N)Cc1ccn(CC2CSc3ccccc32)c1. The molecule has 0 saturated carbocycles. The van der Waals surface area contributed by atoms with E-state index in [0.29, 0.717) is 5.92 Å². The zero-order chi connectivity index (χ0) is 13.2. The van der Waals surface area contributed by atoms with Crippen LogP contribution in [0.5, 0.6) is 0 Å². The molecule has 0 aliphatic carbocycles. The highest BCUT2D eigenvalue weighted by Gasteiger charge is 2.22. The Bertz CT molecular complexity index is 559. The number of hydrogen-bond donors (Lipinski definition) is 1. The maximum Gasteiger partial charge on any atom is 0.0297 e. The molecule has 1 aliphatic rings. The second-order valence-electron chi connectivity index (χ2n) is 5.44. The Balaban J connectivity index is 1.71. The molecule has 100 valence electrons. The third-order valence-corrected chi connectivity index (χ3v) is 4.85. The molecule has 0 amide bonds. The molecule has 3 heteroatoms. The molecule has 2 unspecified atom stereocenters. The van der Waals surface area contributed by atoms with E-state index in [0.717, 1.165) is 13.0 Å². The van der Waals surface area contributed by atoms with Gasteiger partial charge in [-0.05, 0) is 36.6 Å². The van der Waals surface area contributed by atoms with E-state index in [1.165, 1.54) is 21.8 Å². The lowest BCUT2D eigenvalue weighted by Crippen LogP contribution is -2.17. The average Bonchev–Trinajstić information content (AvgIpc) is 2.97. The number of benzene rings is 1. The number of nitrogens with zero attached hydrogens (tertiary/aromatic N) is 1. The molecule has 19 heavy (non-hydrogen) atoms. The minimum atomic E-state index is 0.235. The molecule has 2 atom stereocenters. The summed E-state index contributed by atoms with van der Waals surface area (Å²) in [6, 6.07) is 11.2. The minimum Gasteiger partial charge on any atom is -0.353 e. The van der Waals surface area contributed by atoms with Gasteiger partial charge in [-0.25, -0.2) is 0 Å². The molecule has 0 bridgehead atoms. The van der Waals surface area contributed by atoms with Crippen molar-refractivity contribution in [2.75, 3.05) is 5.75 Å². The monoisotopic (exact) mass is 272 g/mol. The molecule has 2 nitrogen and oxygen atoms in total. The zero-order valence-corrected chi connectivity index (χ0v) is 12.1. The highest BCUT2D eigenvalue weighted by molar-refractivity contribution is 7.99. The third kappa shape index (κ3) is 2.88. The van der Waals surface area contributed by atoms with Gasteiger partial charge in [-0.15, -0.1) is 11.8 Å². The van der Waals surface area contributed by atoms with Gasteiger partial charge in [-0.1, -0.05) is 18.2 Å². The van der Waals surface area contributed by atoms with Crippen LogP contribution < -0.4 is 5.73 Å². The lowest BCUT2D eigenvalue weighted by molar-refractivity contribution is 0.606. The highest BCUT2D eigenvalue weighted by atomic mass is 32.2. The average molecular weight is 272 g/mol. The first-order valence-electron chi connectivity index (χ1n) is 6.84. The van der Waals surface area contributed by atoms with Gasteiger partial charge in [-0.2, -0.15) is 0 Å². The van der Waals surface area contributed by atoms with E-state index in [-0.39, 0.29) is 6.04 Å². The second-order valence-corrected chi connectivity index (χ2v) is 6.51. The Hall–Kier alpha value is -1.19. The predicted octanol–water partition coefficient (Wildman–Crippen LogP) is 3.27. The molecule has 2 N–H and O–H groups in total. The van der Waals surface area contributed by atoms with E-state index in [9.17, 15) is 0 Å². The number of fused-ring (bicyclic) bond motifs is 1. The Morgan fingerprint density at radius 2 is 2.21 bits per heavy atom. The predicted molar refractivity (Wildman–Crippen MR) is 81.7 cm³/mol. The first-order valence-corrected chi connectivity index (χ1v) is 7.83. The van der Waals surface area contributed by atoms with E-state index < -0.39 is 0 Å². The van der Waals surface area contributed by atoms with Gasteiger partial charge >= 0.3 is 0 Å². The van der Waals surface area contributed by atoms with Gasteiger partial charge in [0.15, 0.2) is 0 Å². The van der Waals surface area contributed by atoms with Crippen LogP contribution in [0.15, 0.2) is 47.6 Å². The van der Waals surface area contributed by atoms with Gasteiger partial charge in [0.1, 0.15) is 0 Å². The summed E-state index contributed by atoms with van der Waals surface area (Å²) in [6.45, 7) is 3.13. The van der Waals surface area contributed by atoms with Gasteiger partial charge in [-0.3, -0.25) is 0 Å².